The van der Waals surface area contributed by atoms with Gasteiger partial charge in [0, 0.05) is 17.8 Å². The lowest BCUT2D eigenvalue weighted by molar-refractivity contribution is -0.120. The molecule has 0 radical (unpaired) electrons. The van der Waals surface area contributed by atoms with Crippen LogP contribution in [0.3, 0.4) is 0 Å². The zero-order chi connectivity index (χ0) is 19.9. The summed E-state index contributed by atoms with van der Waals surface area (Å²) >= 11 is 2.82. The minimum atomic E-state index is -0.283. The molecular weight excluding hydrogens is 392 g/mol. The standard InChI is InChI=1S/C20H22N4O2S2/c1-13-7-6-9-16(11-13)22-19-23-24-20(28-19)27-14(2)18(25)21-12-15-8-4-5-10-17(15)26-3/h4-11,14H,12H2,1-3H3,(H,21,25)(H,22,23)/t14-/m0/s1. The second-order valence-corrected chi connectivity index (χ2v) is 8.72. The fourth-order valence-corrected chi connectivity index (χ4v) is 4.47. The number of hydrogen-bond donors (Lipinski definition) is 2. The lowest BCUT2D eigenvalue weighted by Crippen LogP contribution is -2.30. The normalized spacial score (nSPS) is 11.7. The van der Waals surface area contributed by atoms with Gasteiger partial charge in [0.05, 0.1) is 12.4 Å². The number of carbonyl (C=O) groups is 1. The molecule has 0 aliphatic heterocycles. The van der Waals surface area contributed by atoms with Gasteiger partial charge in [-0.1, -0.05) is 53.4 Å². The summed E-state index contributed by atoms with van der Waals surface area (Å²) in [5.41, 5.74) is 3.08. The van der Waals surface area contributed by atoms with Crippen molar-refractivity contribution < 1.29 is 9.53 Å². The SMILES string of the molecule is COc1ccccc1CNC(=O)[C@H](C)Sc1nnc(Nc2cccc(C)c2)s1. The fourth-order valence-electron chi connectivity index (χ4n) is 2.53. The van der Waals surface area contributed by atoms with Crippen LogP contribution in [0.4, 0.5) is 10.8 Å². The first-order valence-corrected chi connectivity index (χ1v) is 10.5. The fraction of sp³-hybridized carbons (Fsp3) is 0.250. The molecule has 0 aliphatic rings. The maximum absolute atomic E-state index is 12.4. The molecule has 1 atom stereocenters. The van der Waals surface area contributed by atoms with Crippen molar-refractivity contribution in [3.05, 3.63) is 59.7 Å². The number of methoxy groups -OCH3 is 1. The van der Waals surface area contributed by atoms with Gasteiger partial charge in [-0.15, -0.1) is 10.2 Å². The van der Waals surface area contributed by atoms with E-state index in [1.54, 1.807) is 7.11 Å². The maximum Gasteiger partial charge on any atom is 0.233 e. The van der Waals surface area contributed by atoms with Crippen molar-refractivity contribution in [2.24, 2.45) is 0 Å². The molecule has 3 aromatic rings. The van der Waals surface area contributed by atoms with Crippen molar-refractivity contribution in [2.75, 3.05) is 12.4 Å². The first kappa shape index (κ1) is 20.2. The van der Waals surface area contributed by atoms with Crippen LogP contribution in [0.2, 0.25) is 0 Å². The molecule has 0 bridgehead atoms. The molecule has 2 N–H and O–H groups in total. The number of anilines is 2. The number of rotatable bonds is 8. The van der Waals surface area contributed by atoms with E-state index in [-0.39, 0.29) is 11.2 Å². The quantitative estimate of drug-likeness (QED) is 0.532. The Morgan fingerprint density at radius 1 is 1.21 bits per heavy atom. The van der Waals surface area contributed by atoms with Crippen LogP contribution in [0.5, 0.6) is 5.75 Å². The molecule has 0 aliphatic carbocycles. The van der Waals surface area contributed by atoms with E-state index in [9.17, 15) is 4.79 Å². The van der Waals surface area contributed by atoms with E-state index < -0.39 is 0 Å². The summed E-state index contributed by atoms with van der Waals surface area (Å²) in [6.07, 6.45) is 0. The van der Waals surface area contributed by atoms with Crippen molar-refractivity contribution in [1.29, 1.82) is 0 Å². The van der Waals surface area contributed by atoms with Crippen LogP contribution in [0.15, 0.2) is 52.9 Å². The van der Waals surface area contributed by atoms with Crippen molar-refractivity contribution >= 4 is 39.8 Å². The Bertz CT molecular complexity index is 945. The summed E-state index contributed by atoms with van der Waals surface area (Å²) in [7, 11) is 1.62. The molecular formula is C20H22N4O2S2. The van der Waals surface area contributed by atoms with E-state index in [2.05, 4.69) is 20.8 Å². The third kappa shape index (κ3) is 5.46. The molecule has 3 rings (SSSR count). The third-order valence-electron chi connectivity index (χ3n) is 3.97. The first-order valence-electron chi connectivity index (χ1n) is 8.78. The molecule has 0 fully saturated rings. The highest BCUT2D eigenvalue weighted by Crippen LogP contribution is 2.30. The molecule has 8 heteroatoms. The predicted octanol–water partition coefficient (Wildman–Crippen LogP) is 4.40. The number of aryl methyl sites for hydroxylation is 1. The Hall–Kier alpha value is -2.58. The van der Waals surface area contributed by atoms with Gasteiger partial charge < -0.3 is 15.4 Å². The number of nitrogens with zero attached hydrogens (tertiary/aromatic N) is 2. The summed E-state index contributed by atoms with van der Waals surface area (Å²) < 4.78 is 6.06. The van der Waals surface area contributed by atoms with Gasteiger partial charge >= 0.3 is 0 Å². The molecule has 1 aromatic heterocycles. The Morgan fingerprint density at radius 2 is 2.04 bits per heavy atom. The molecule has 0 saturated carbocycles. The number of aromatic nitrogens is 2. The summed E-state index contributed by atoms with van der Waals surface area (Å²) in [6, 6.07) is 15.7. The largest absolute Gasteiger partial charge is 0.496 e. The van der Waals surface area contributed by atoms with E-state index >= 15 is 0 Å². The smallest absolute Gasteiger partial charge is 0.233 e. The molecule has 0 saturated heterocycles. The maximum atomic E-state index is 12.4. The van der Waals surface area contributed by atoms with Crippen LogP contribution in [0.25, 0.3) is 0 Å². The Labute approximate surface area is 172 Å². The predicted molar refractivity (Wildman–Crippen MR) is 115 cm³/mol. The molecule has 1 amide bonds. The molecule has 6 nitrogen and oxygen atoms in total. The van der Waals surface area contributed by atoms with Gasteiger partial charge in [0.25, 0.3) is 0 Å². The van der Waals surface area contributed by atoms with E-state index in [1.807, 2.05) is 62.4 Å². The zero-order valence-electron chi connectivity index (χ0n) is 15.9. The van der Waals surface area contributed by atoms with Gasteiger partial charge in [-0.3, -0.25) is 4.79 Å². The van der Waals surface area contributed by atoms with Gasteiger partial charge in [0.1, 0.15) is 5.75 Å². The molecule has 2 aromatic carbocycles. The van der Waals surface area contributed by atoms with Crippen molar-refractivity contribution in [3.63, 3.8) is 0 Å². The number of para-hydroxylation sites is 1. The molecule has 28 heavy (non-hydrogen) atoms. The monoisotopic (exact) mass is 414 g/mol. The minimum absolute atomic E-state index is 0.0562. The lowest BCUT2D eigenvalue weighted by atomic mass is 10.2. The zero-order valence-corrected chi connectivity index (χ0v) is 17.6. The van der Waals surface area contributed by atoms with Crippen molar-refractivity contribution in [1.82, 2.24) is 15.5 Å². The van der Waals surface area contributed by atoms with Gasteiger partial charge in [-0.25, -0.2) is 0 Å². The molecule has 146 valence electrons. The highest BCUT2D eigenvalue weighted by Gasteiger charge is 2.17. The number of nitrogens with one attached hydrogen (secondary N) is 2. The average molecular weight is 415 g/mol. The van der Waals surface area contributed by atoms with E-state index in [1.165, 1.54) is 28.7 Å². The van der Waals surface area contributed by atoms with Gasteiger partial charge in [-0.2, -0.15) is 0 Å². The summed E-state index contributed by atoms with van der Waals surface area (Å²) in [5.74, 6) is 0.707. The summed E-state index contributed by atoms with van der Waals surface area (Å²) in [4.78, 5) is 12.4. The highest BCUT2D eigenvalue weighted by atomic mass is 32.2. The average Bonchev–Trinajstić information content (AvgIpc) is 3.12. The lowest BCUT2D eigenvalue weighted by Gasteiger charge is -2.12. The molecule has 0 unspecified atom stereocenters. The van der Waals surface area contributed by atoms with Crippen LogP contribution in [0, 0.1) is 6.92 Å². The van der Waals surface area contributed by atoms with E-state index in [0.29, 0.717) is 11.7 Å². The van der Waals surface area contributed by atoms with E-state index in [4.69, 9.17) is 4.74 Å². The number of carbonyl (C=O) groups excluding carboxylic acids is 1. The second-order valence-electron chi connectivity index (χ2n) is 6.16. The van der Waals surface area contributed by atoms with Crippen molar-refractivity contribution in [3.8, 4) is 5.75 Å². The van der Waals surface area contributed by atoms with Crippen molar-refractivity contribution in [2.45, 2.75) is 30.0 Å². The number of amides is 1. The first-order chi connectivity index (χ1) is 13.5. The van der Waals surface area contributed by atoms with Crippen LogP contribution < -0.4 is 15.4 Å². The topological polar surface area (TPSA) is 76.1 Å². The molecule has 1 heterocycles. The summed E-state index contributed by atoms with van der Waals surface area (Å²) in [5, 5.41) is 14.9. The Kier molecular flexibility index (Phi) is 6.89. The van der Waals surface area contributed by atoms with Crippen LogP contribution >= 0.6 is 23.1 Å². The van der Waals surface area contributed by atoms with Crippen LogP contribution in [-0.4, -0.2) is 28.5 Å². The second kappa shape index (κ2) is 9.57. The van der Waals surface area contributed by atoms with Gasteiger partial charge in [0.2, 0.25) is 11.0 Å². The van der Waals surface area contributed by atoms with Crippen LogP contribution in [-0.2, 0) is 11.3 Å². The minimum Gasteiger partial charge on any atom is -0.496 e. The van der Waals surface area contributed by atoms with Gasteiger partial charge in [-0.05, 0) is 37.6 Å². The van der Waals surface area contributed by atoms with Crippen LogP contribution in [0.1, 0.15) is 18.1 Å². The highest BCUT2D eigenvalue weighted by molar-refractivity contribution is 8.02. The van der Waals surface area contributed by atoms with E-state index in [0.717, 1.165) is 21.3 Å². The van der Waals surface area contributed by atoms with Gasteiger partial charge in [0.15, 0.2) is 4.34 Å². The number of benzene rings is 2. The number of thioether (sulfide) groups is 1. The molecule has 0 spiro atoms. The number of hydrogen-bond acceptors (Lipinski definition) is 7. The third-order valence-corrected chi connectivity index (χ3v) is 5.99. The summed E-state index contributed by atoms with van der Waals surface area (Å²) in [6.45, 7) is 4.32. The Morgan fingerprint density at radius 3 is 2.82 bits per heavy atom. The number of ether oxygens (including phenoxy) is 1. The Balaban J connectivity index is 1.53.